The molecule has 2 aromatic rings. The van der Waals surface area contributed by atoms with Gasteiger partial charge < -0.3 is 9.47 Å². The van der Waals surface area contributed by atoms with Gasteiger partial charge in [-0.25, -0.2) is 17.9 Å². The normalized spacial score (nSPS) is 11.5. The second kappa shape index (κ2) is 7.89. The van der Waals surface area contributed by atoms with Crippen LogP contribution in [0.5, 0.6) is 0 Å². The molecule has 0 saturated carbocycles. The van der Waals surface area contributed by atoms with Gasteiger partial charge in [-0.2, -0.15) is 0 Å². The molecule has 0 fully saturated rings. The van der Waals surface area contributed by atoms with Crippen molar-refractivity contribution >= 4 is 27.3 Å². The molecular weight excluding hydrogens is 350 g/mol. The molecule has 8 heteroatoms. The highest BCUT2D eigenvalue weighted by Gasteiger charge is 2.21. The maximum absolute atomic E-state index is 12.5. The van der Waals surface area contributed by atoms with Crippen LogP contribution in [0.3, 0.4) is 0 Å². The summed E-state index contributed by atoms with van der Waals surface area (Å²) in [6.07, 6.45) is 0. The van der Waals surface area contributed by atoms with Gasteiger partial charge in [0.1, 0.15) is 0 Å². The molecule has 1 heterocycles. The summed E-state index contributed by atoms with van der Waals surface area (Å²) >= 11 is 1.35. The number of carbonyl (C=O) groups excluding carboxylic acids is 1. The van der Waals surface area contributed by atoms with Crippen molar-refractivity contribution in [2.24, 2.45) is 0 Å². The third-order valence-corrected chi connectivity index (χ3v) is 5.97. The Morgan fingerprint density at radius 1 is 1.25 bits per heavy atom. The van der Waals surface area contributed by atoms with Crippen LogP contribution >= 0.6 is 11.3 Å². The number of benzene rings is 1. The van der Waals surface area contributed by atoms with Crippen LogP contribution in [0.25, 0.3) is 10.4 Å². The summed E-state index contributed by atoms with van der Waals surface area (Å²) in [4.78, 5) is 13.4. The Labute approximate surface area is 145 Å². The number of esters is 1. The fourth-order valence-corrected chi connectivity index (χ4v) is 4.53. The Hall–Kier alpha value is -1.74. The summed E-state index contributed by atoms with van der Waals surface area (Å²) in [6.45, 7) is 2.27. The summed E-state index contributed by atoms with van der Waals surface area (Å²) in [6, 6.07) is 8.34. The van der Waals surface area contributed by atoms with Gasteiger partial charge in [0.2, 0.25) is 10.0 Å². The molecule has 0 amide bonds. The lowest BCUT2D eigenvalue weighted by Crippen LogP contribution is -2.27. The summed E-state index contributed by atoms with van der Waals surface area (Å²) in [7, 11) is -0.859. The van der Waals surface area contributed by atoms with Crippen molar-refractivity contribution in [3.8, 4) is 10.4 Å². The third kappa shape index (κ3) is 4.02. The molecular formula is C16H19NO5S2. The number of nitrogens with one attached hydrogen (secondary N) is 1. The predicted octanol–water partition coefficient (Wildman–Crippen LogP) is 2.43. The number of thiophene rings is 1. The highest BCUT2D eigenvalue weighted by Crippen LogP contribution is 2.35. The van der Waals surface area contributed by atoms with Gasteiger partial charge in [0, 0.05) is 29.0 Å². The highest BCUT2D eigenvalue weighted by atomic mass is 32.2. The Balaban J connectivity index is 2.45. The molecule has 0 aliphatic heterocycles. The van der Waals surface area contributed by atoms with Gasteiger partial charge in [-0.3, -0.25) is 0 Å². The first kappa shape index (κ1) is 18.6. The van der Waals surface area contributed by atoms with E-state index in [1.165, 1.54) is 31.6 Å². The molecule has 1 aromatic heterocycles. The number of aryl methyl sites for hydroxylation is 1. The number of ether oxygens (including phenoxy) is 2. The van der Waals surface area contributed by atoms with Crippen molar-refractivity contribution < 1.29 is 22.7 Å². The van der Waals surface area contributed by atoms with Crippen molar-refractivity contribution in [2.45, 2.75) is 11.8 Å². The van der Waals surface area contributed by atoms with E-state index in [9.17, 15) is 13.2 Å². The molecule has 0 saturated heterocycles. The summed E-state index contributed by atoms with van der Waals surface area (Å²) in [5.74, 6) is -0.437. The smallest absolute Gasteiger partial charge is 0.338 e. The highest BCUT2D eigenvalue weighted by molar-refractivity contribution is 7.89. The van der Waals surface area contributed by atoms with E-state index in [1.807, 2.05) is 0 Å². The number of methoxy groups -OCH3 is 2. The minimum absolute atomic E-state index is 0.166. The van der Waals surface area contributed by atoms with Gasteiger partial charge in [-0.05, 0) is 19.1 Å². The predicted molar refractivity (Wildman–Crippen MR) is 92.9 cm³/mol. The number of hydrogen-bond acceptors (Lipinski definition) is 6. The lowest BCUT2D eigenvalue weighted by molar-refractivity contribution is 0.0600. The molecule has 0 aliphatic carbocycles. The van der Waals surface area contributed by atoms with E-state index in [4.69, 9.17) is 9.47 Å². The zero-order chi connectivity index (χ0) is 17.7. The van der Waals surface area contributed by atoms with Crippen molar-refractivity contribution in [3.63, 3.8) is 0 Å². The van der Waals surface area contributed by atoms with Crippen LogP contribution in [0, 0.1) is 6.92 Å². The SMILES string of the molecule is COCCNS(=O)(=O)c1ccccc1-c1cc(C(=O)OC)c(C)s1. The van der Waals surface area contributed by atoms with E-state index in [-0.39, 0.29) is 18.0 Å². The second-order valence-electron chi connectivity index (χ2n) is 4.96. The second-order valence-corrected chi connectivity index (χ2v) is 7.95. The molecule has 0 radical (unpaired) electrons. The standard InChI is InChI=1S/C16H19NO5S2/c1-11-13(16(18)22-3)10-14(23-11)12-6-4-5-7-15(12)24(19,20)17-8-9-21-2/h4-7,10,17H,8-9H2,1-3H3. The van der Waals surface area contributed by atoms with Crippen LogP contribution in [0.15, 0.2) is 35.2 Å². The van der Waals surface area contributed by atoms with Crippen molar-refractivity contribution in [1.29, 1.82) is 0 Å². The van der Waals surface area contributed by atoms with E-state index in [0.717, 1.165) is 4.88 Å². The summed E-state index contributed by atoms with van der Waals surface area (Å²) in [5.41, 5.74) is 0.989. The molecule has 130 valence electrons. The number of carbonyl (C=O) groups is 1. The van der Waals surface area contributed by atoms with Gasteiger partial charge in [-0.1, -0.05) is 18.2 Å². The van der Waals surface area contributed by atoms with Gasteiger partial charge in [0.05, 0.1) is 24.2 Å². The molecule has 0 atom stereocenters. The first-order valence-electron chi connectivity index (χ1n) is 7.17. The van der Waals surface area contributed by atoms with Crippen LogP contribution in [-0.2, 0) is 19.5 Å². The van der Waals surface area contributed by atoms with Gasteiger partial charge in [0.25, 0.3) is 0 Å². The Morgan fingerprint density at radius 3 is 2.62 bits per heavy atom. The number of hydrogen-bond donors (Lipinski definition) is 1. The van der Waals surface area contributed by atoms with Crippen molar-refractivity contribution in [3.05, 3.63) is 40.8 Å². The topological polar surface area (TPSA) is 81.7 Å². The van der Waals surface area contributed by atoms with Crippen LogP contribution in [-0.4, -0.2) is 41.8 Å². The lowest BCUT2D eigenvalue weighted by Gasteiger charge is -2.10. The van der Waals surface area contributed by atoms with E-state index in [0.29, 0.717) is 16.0 Å². The maximum Gasteiger partial charge on any atom is 0.338 e. The molecule has 0 aliphatic rings. The largest absolute Gasteiger partial charge is 0.465 e. The first-order valence-corrected chi connectivity index (χ1v) is 9.47. The Morgan fingerprint density at radius 2 is 1.96 bits per heavy atom. The fraction of sp³-hybridized carbons (Fsp3) is 0.312. The molecule has 2 rings (SSSR count). The Kier molecular flexibility index (Phi) is 6.11. The molecule has 1 N–H and O–H groups in total. The quantitative estimate of drug-likeness (QED) is 0.599. The Bertz CT molecular complexity index is 827. The van der Waals surface area contributed by atoms with Crippen LogP contribution < -0.4 is 4.72 Å². The molecule has 0 spiro atoms. The number of rotatable bonds is 7. The average Bonchev–Trinajstić information content (AvgIpc) is 2.96. The zero-order valence-corrected chi connectivity index (χ0v) is 15.3. The fourth-order valence-electron chi connectivity index (χ4n) is 2.19. The minimum Gasteiger partial charge on any atom is -0.465 e. The van der Waals surface area contributed by atoms with E-state index in [1.54, 1.807) is 31.2 Å². The van der Waals surface area contributed by atoms with Gasteiger partial charge >= 0.3 is 5.97 Å². The van der Waals surface area contributed by atoms with E-state index >= 15 is 0 Å². The molecule has 24 heavy (non-hydrogen) atoms. The maximum atomic E-state index is 12.5. The van der Waals surface area contributed by atoms with Crippen LogP contribution in [0.1, 0.15) is 15.2 Å². The minimum atomic E-state index is -3.68. The third-order valence-electron chi connectivity index (χ3n) is 3.36. The van der Waals surface area contributed by atoms with Gasteiger partial charge in [-0.15, -0.1) is 11.3 Å². The van der Waals surface area contributed by atoms with E-state index in [2.05, 4.69) is 4.72 Å². The van der Waals surface area contributed by atoms with Crippen LogP contribution in [0.2, 0.25) is 0 Å². The molecule has 1 aromatic carbocycles. The molecule has 6 nitrogen and oxygen atoms in total. The summed E-state index contributed by atoms with van der Waals surface area (Å²) in [5, 5.41) is 0. The van der Waals surface area contributed by atoms with Crippen LogP contribution in [0.4, 0.5) is 0 Å². The lowest BCUT2D eigenvalue weighted by atomic mass is 10.1. The monoisotopic (exact) mass is 369 g/mol. The molecule has 0 unspecified atom stereocenters. The van der Waals surface area contributed by atoms with Crippen molar-refractivity contribution in [1.82, 2.24) is 4.72 Å². The zero-order valence-electron chi connectivity index (χ0n) is 13.7. The van der Waals surface area contributed by atoms with E-state index < -0.39 is 16.0 Å². The average molecular weight is 369 g/mol. The van der Waals surface area contributed by atoms with Gasteiger partial charge in [0.15, 0.2) is 0 Å². The van der Waals surface area contributed by atoms with Crippen molar-refractivity contribution in [2.75, 3.05) is 27.4 Å². The molecule has 0 bridgehead atoms. The first-order chi connectivity index (χ1) is 11.4. The number of sulfonamides is 1. The summed E-state index contributed by atoms with van der Waals surface area (Å²) < 4.78 is 37.2.